The van der Waals surface area contributed by atoms with Crippen molar-refractivity contribution in [3.63, 3.8) is 0 Å². The summed E-state index contributed by atoms with van der Waals surface area (Å²) in [5.41, 5.74) is 5.95. The molecule has 7 heteroatoms. The van der Waals surface area contributed by atoms with Gasteiger partial charge in [-0.25, -0.2) is 13.1 Å². The molecule has 114 valence electrons. The van der Waals surface area contributed by atoms with Crippen molar-refractivity contribution in [1.82, 2.24) is 4.72 Å². The predicted molar refractivity (Wildman–Crippen MR) is 84.1 cm³/mol. The first-order valence-electron chi connectivity index (χ1n) is 6.60. The van der Waals surface area contributed by atoms with Gasteiger partial charge in [-0.3, -0.25) is 0 Å². The van der Waals surface area contributed by atoms with Crippen LogP contribution in [0.4, 0.5) is 5.69 Å². The molecule has 0 saturated heterocycles. The molecule has 0 unspecified atom stereocenters. The Labute approximate surface area is 129 Å². The van der Waals surface area contributed by atoms with Gasteiger partial charge < -0.3 is 10.5 Å². The lowest BCUT2D eigenvalue weighted by atomic mass is 10.3. The molecule has 0 spiro atoms. The first kappa shape index (κ1) is 17.4. The number of benzene rings is 1. The molecule has 0 aromatic heterocycles. The Morgan fingerprint density at radius 3 is 2.65 bits per heavy atom. The van der Waals surface area contributed by atoms with E-state index < -0.39 is 10.0 Å². The summed E-state index contributed by atoms with van der Waals surface area (Å²) in [6.07, 6.45) is 2.76. The molecule has 0 bridgehead atoms. The van der Waals surface area contributed by atoms with Crippen molar-refractivity contribution < 1.29 is 13.2 Å². The Morgan fingerprint density at radius 1 is 1.30 bits per heavy atom. The number of nitrogens with two attached hydrogens (primary N) is 1. The lowest BCUT2D eigenvalue weighted by Gasteiger charge is -2.09. The van der Waals surface area contributed by atoms with Crippen LogP contribution in [0.3, 0.4) is 0 Å². The maximum Gasteiger partial charge on any atom is 0.242 e. The van der Waals surface area contributed by atoms with Gasteiger partial charge in [-0.1, -0.05) is 29.3 Å². The average Bonchev–Trinajstić information content (AvgIpc) is 2.37. The SMILES string of the molecule is CCCCOCCCNS(=O)(=O)c1ccc(Br)cc1N. The van der Waals surface area contributed by atoms with Crippen molar-refractivity contribution in [3.8, 4) is 0 Å². The summed E-state index contributed by atoms with van der Waals surface area (Å²) in [7, 11) is -3.56. The number of hydrogen-bond donors (Lipinski definition) is 2. The average molecular weight is 365 g/mol. The molecule has 0 heterocycles. The molecule has 0 radical (unpaired) electrons. The summed E-state index contributed by atoms with van der Waals surface area (Å²) in [6.45, 7) is 3.71. The molecule has 3 N–H and O–H groups in total. The second-order valence-electron chi connectivity index (χ2n) is 4.40. The third-order valence-electron chi connectivity index (χ3n) is 2.66. The van der Waals surface area contributed by atoms with Gasteiger partial charge in [-0.2, -0.15) is 0 Å². The van der Waals surface area contributed by atoms with Crippen molar-refractivity contribution >= 4 is 31.6 Å². The zero-order chi connectivity index (χ0) is 15.0. The third-order valence-corrected chi connectivity index (χ3v) is 4.69. The van der Waals surface area contributed by atoms with E-state index >= 15 is 0 Å². The zero-order valence-electron chi connectivity index (χ0n) is 11.6. The van der Waals surface area contributed by atoms with Crippen molar-refractivity contribution in [2.75, 3.05) is 25.5 Å². The normalized spacial score (nSPS) is 11.7. The van der Waals surface area contributed by atoms with E-state index in [0.29, 0.717) is 19.6 Å². The maximum absolute atomic E-state index is 12.1. The molecule has 0 aliphatic rings. The number of nitrogens with one attached hydrogen (secondary N) is 1. The zero-order valence-corrected chi connectivity index (χ0v) is 14.0. The summed E-state index contributed by atoms with van der Waals surface area (Å²) in [6, 6.07) is 4.71. The minimum atomic E-state index is -3.56. The summed E-state index contributed by atoms with van der Waals surface area (Å²) >= 11 is 3.25. The fraction of sp³-hybridized carbons (Fsp3) is 0.538. The lowest BCUT2D eigenvalue weighted by Crippen LogP contribution is -2.26. The van der Waals surface area contributed by atoms with Crippen LogP contribution in [0.1, 0.15) is 26.2 Å². The van der Waals surface area contributed by atoms with Gasteiger partial charge in [-0.15, -0.1) is 0 Å². The van der Waals surface area contributed by atoms with Gasteiger partial charge in [-0.05, 0) is 31.0 Å². The standard InChI is InChI=1S/C13H21BrN2O3S/c1-2-3-8-19-9-4-7-16-20(17,18)13-6-5-11(14)10-12(13)15/h5-6,10,16H,2-4,7-9,15H2,1H3. The Bertz CT molecular complexity index is 520. The first-order valence-corrected chi connectivity index (χ1v) is 8.87. The quantitative estimate of drug-likeness (QED) is 0.521. The number of anilines is 1. The van der Waals surface area contributed by atoms with Crippen LogP contribution in [0.5, 0.6) is 0 Å². The molecule has 5 nitrogen and oxygen atoms in total. The summed E-state index contributed by atoms with van der Waals surface area (Å²) in [5.74, 6) is 0. The second kappa shape index (κ2) is 8.61. The Morgan fingerprint density at radius 2 is 2.00 bits per heavy atom. The van der Waals surface area contributed by atoms with E-state index in [-0.39, 0.29) is 10.6 Å². The van der Waals surface area contributed by atoms with Gasteiger partial charge in [0.25, 0.3) is 0 Å². The minimum Gasteiger partial charge on any atom is -0.398 e. The number of hydrogen-bond acceptors (Lipinski definition) is 4. The maximum atomic E-state index is 12.1. The highest BCUT2D eigenvalue weighted by Gasteiger charge is 2.16. The monoisotopic (exact) mass is 364 g/mol. The number of halogens is 1. The van der Waals surface area contributed by atoms with Gasteiger partial charge in [0.15, 0.2) is 0 Å². The Hall–Kier alpha value is -0.630. The largest absolute Gasteiger partial charge is 0.398 e. The van der Waals surface area contributed by atoms with Crippen molar-refractivity contribution in [2.45, 2.75) is 31.1 Å². The van der Waals surface area contributed by atoms with Gasteiger partial charge in [0.1, 0.15) is 4.90 Å². The molecule has 0 aliphatic carbocycles. The Balaban J connectivity index is 2.42. The number of rotatable bonds is 9. The van der Waals surface area contributed by atoms with Gasteiger partial charge >= 0.3 is 0 Å². The second-order valence-corrected chi connectivity index (χ2v) is 7.05. The molecule has 0 atom stereocenters. The van der Waals surface area contributed by atoms with E-state index in [4.69, 9.17) is 10.5 Å². The molecule has 20 heavy (non-hydrogen) atoms. The molecule has 0 saturated carbocycles. The molecular weight excluding hydrogens is 344 g/mol. The van der Waals surface area contributed by atoms with Crippen LogP contribution < -0.4 is 10.5 Å². The molecule has 1 aromatic rings. The number of nitrogen functional groups attached to an aromatic ring is 1. The Kier molecular flexibility index (Phi) is 7.50. The molecule has 0 aliphatic heterocycles. The van der Waals surface area contributed by atoms with Crippen LogP contribution in [-0.4, -0.2) is 28.2 Å². The van der Waals surface area contributed by atoms with E-state index in [1.165, 1.54) is 6.07 Å². The van der Waals surface area contributed by atoms with Gasteiger partial charge in [0.2, 0.25) is 10.0 Å². The van der Waals surface area contributed by atoms with Crippen LogP contribution in [0.2, 0.25) is 0 Å². The van der Waals surface area contributed by atoms with Crippen LogP contribution in [0.15, 0.2) is 27.6 Å². The molecule has 1 rings (SSSR count). The smallest absolute Gasteiger partial charge is 0.242 e. The van der Waals surface area contributed by atoms with Crippen LogP contribution >= 0.6 is 15.9 Å². The summed E-state index contributed by atoms with van der Waals surface area (Å²) in [5, 5.41) is 0. The highest BCUT2D eigenvalue weighted by molar-refractivity contribution is 9.10. The fourth-order valence-electron chi connectivity index (χ4n) is 1.57. The summed E-state index contributed by atoms with van der Waals surface area (Å²) in [4.78, 5) is 0.104. The molecular formula is C13H21BrN2O3S. The summed E-state index contributed by atoms with van der Waals surface area (Å²) < 4.78 is 32.7. The number of ether oxygens (including phenoxy) is 1. The van der Waals surface area contributed by atoms with Gasteiger partial charge in [0.05, 0.1) is 5.69 Å². The molecule has 0 amide bonds. The lowest BCUT2D eigenvalue weighted by molar-refractivity contribution is 0.130. The fourth-order valence-corrected chi connectivity index (χ4v) is 3.13. The number of unbranched alkanes of at least 4 members (excludes halogenated alkanes) is 1. The number of sulfonamides is 1. The van der Waals surface area contributed by atoms with E-state index in [9.17, 15) is 8.42 Å². The van der Waals surface area contributed by atoms with E-state index in [1.54, 1.807) is 12.1 Å². The molecule has 1 aromatic carbocycles. The van der Waals surface area contributed by atoms with E-state index in [2.05, 4.69) is 27.6 Å². The third kappa shape index (κ3) is 5.78. The van der Waals surface area contributed by atoms with E-state index in [1.807, 2.05) is 0 Å². The van der Waals surface area contributed by atoms with Crippen molar-refractivity contribution in [1.29, 1.82) is 0 Å². The highest BCUT2D eigenvalue weighted by Crippen LogP contribution is 2.22. The van der Waals surface area contributed by atoms with Crippen molar-refractivity contribution in [3.05, 3.63) is 22.7 Å². The minimum absolute atomic E-state index is 0.104. The van der Waals surface area contributed by atoms with Crippen LogP contribution in [-0.2, 0) is 14.8 Å². The van der Waals surface area contributed by atoms with Crippen LogP contribution in [0, 0.1) is 0 Å². The van der Waals surface area contributed by atoms with E-state index in [0.717, 1.165) is 23.9 Å². The predicted octanol–water partition coefficient (Wildman–Crippen LogP) is 2.52. The van der Waals surface area contributed by atoms with Crippen molar-refractivity contribution in [2.24, 2.45) is 0 Å². The molecule has 0 fully saturated rings. The van der Waals surface area contributed by atoms with Gasteiger partial charge in [0, 0.05) is 24.2 Å². The van der Waals surface area contributed by atoms with Crippen LogP contribution in [0.25, 0.3) is 0 Å². The first-order chi connectivity index (χ1) is 9.47. The highest BCUT2D eigenvalue weighted by atomic mass is 79.9. The topological polar surface area (TPSA) is 81.4 Å².